The Labute approximate surface area is 103 Å². The molecular weight excluding hydrogens is 237 g/mol. The topological polar surface area (TPSA) is 59.4 Å². The predicted molar refractivity (Wildman–Crippen MR) is 63.1 cm³/mol. The van der Waals surface area contributed by atoms with E-state index in [0.29, 0.717) is 16.9 Å². The number of pyridine rings is 1. The summed E-state index contributed by atoms with van der Waals surface area (Å²) >= 11 is 0. The van der Waals surface area contributed by atoms with Gasteiger partial charge in [-0.3, -0.25) is 4.98 Å². The Hall–Kier alpha value is -2.43. The lowest BCUT2D eigenvalue weighted by molar-refractivity contribution is 0.0696. The summed E-state index contributed by atoms with van der Waals surface area (Å²) < 4.78 is 18.5. The first-order chi connectivity index (χ1) is 8.61. The number of carboxylic acid groups (broad SMARTS) is 1. The summed E-state index contributed by atoms with van der Waals surface area (Å²) in [7, 11) is 1.48. The quantitative estimate of drug-likeness (QED) is 0.905. The monoisotopic (exact) mass is 247 g/mol. The Morgan fingerprint density at radius 1 is 1.39 bits per heavy atom. The number of hydrogen-bond donors (Lipinski definition) is 1. The lowest BCUT2D eigenvalue weighted by Crippen LogP contribution is -1.98. The van der Waals surface area contributed by atoms with Crippen LogP contribution in [0.15, 0.2) is 36.7 Å². The summed E-state index contributed by atoms with van der Waals surface area (Å²) in [5.41, 5.74) is 0.843. The van der Waals surface area contributed by atoms with Crippen LogP contribution < -0.4 is 4.74 Å². The number of aromatic nitrogens is 1. The van der Waals surface area contributed by atoms with Crippen LogP contribution in [0, 0.1) is 5.82 Å². The summed E-state index contributed by atoms with van der Waals surface area (Å²) in [6.07, 6.45) is 3.04. The van der Waals surface area contributed by atoms with E-state index in [9.17, 15) is 9.18 Å². The molecule has 0 unspecified atom stereocenters. The van der Waals surface area contributed by atoms with Gasteiger partial charge in [-0.05, 0) is 29.8 Å². The third kappa shape index (κ3) is 2.29. The van der Waals surface area contributed by atoms with Gasteiger partial charge in [0.2, 0.25) is 0 Å². The van der Waals surface area contributed by atoms with Gasteiger partial charge in [-0.2, -0.15) is 0 Å². The number of rotatable bonds is 3. The number of benzene rings is 1. The van der Waals surface area contributed by atoms with Crippen molar-refractivity contribution in [2.75, 3.05) is 7.11 Å². The van der Waals surface area contributed by atoms with Crippen molar-refractivity contribution < 1.29 is 19.0 Å². The molecule has 0 radical (unpaired) electrons. The van der Waals surface area contributed by atoms with E-state index in [1.54, 1.807) is 12.3 Å². The van der Waals surface area contributed by atoms with Gasteiger partial charge in [0, 0.05) is 18.0 Å². The molecule has 0 aliphatic rings. The minimum atomic E-state index is -1.18. The van der Waals surface area contributed by atoms with Crippen molar-refractivity contribution in [3.05, 3.63) is 48.0 Å². The van der Waals surface area contributed by atoms with E-state index in [4.69, 9.17) is 9.84 Å². The zero-order valence-electron chi connectivity index (χ0n) is 9.55. The van der Waals surface area contributed by atoms with Crippen molar-refractivity contribution in [1.82, 2.24) is 4.98 Å². The van der Waals surface area contributed by atoms with E-state index >= 15 is 0 Å². The Balaban J connectivity index is 2.60. The maximum atomic E-state index is 13.4. The number of ether oxygens (including phenoxy) is 1. The van der Waals surface area contributed by atoms with Crippen LogP contribution in [0.4, 0.5) is 4.39 Å². The van der Waals surface area contributed by atoms with E-state index < -0.39 is 11.8 Å². The second kappa shape index (κ2) is 4.83. The smallest absolute Gasteiger partial charge is 0.335 e. The first-order valence-electron chi connectivity index (χ1n) is 5.14. The summed E-state index contributed by atoms with van der Waals surface area (Å²) in [6.45, 7) is 0. The Morgan fingerprint density at radius 3 is 2.83 bits per heavy atom. The van der Waals surface area contributed by atoms with E-state index in [2.05, 4.69) is 4.98 Å². The molecule has 0 saturated carbocycles. The van der Waals surface area contributed by atoms with Crippen LogP contribution in [-0.4, -0.2) is 23.2 Å². The summed E-state index contributed by atoms with van der Waals surface area (Å²) in [5, 5.41) is 8.89. The fraction of sp³-hybridized carbons (Fsp3) is 0.0769. The van der Waals surface area contributed by atoms with E-state index in [1.165, 1.54) is 25.4 Å². The summed E-state index contributed by atoms with van der Waals surface area (Å²) in [6, 6.07) is 5.21. The average molecular weight is 247 g/mol. The Bertz CT molecular complexity index is 599. The number of aromatic carboxylic acids is 1. The van der Waals surface area contributed by atoms with Crippen LogP contribution in [0.1, 0.15) is 10.4 Å². The summed E-state index contributed by atoms with van der Waals surface area (Å²) in [4.78, 5) is 14.8. The molecule has 18 heavy (non-hydrogen) atoms. The molecule has 2 aromatic rings. The molecule has 1 aromatic carbocycles. The van der Waals surface area contributed by atoms with E-state index in [-0.39, 0.29) is 5.56 Å². The average Bonchev–Trinajstić information content (AvgIpc) is 2.38. The third-order valence-electron chi connectivity index (χ3n) is 2.46. The molecule has 0 atom stereocenters. The molecule has 1 aromatic heterocycles. The first-order valence-corrected chi connectivity index (χ1v) is 5.14. The Morgan fingerprint density at radius 2 is 2.17 bits per heavy atom. The van der Waals surface area contributed by atoms with Crippen molar-refractivity contribution in [2.24, 2.45) is 0 Å². The number of hydrogen-bond acceptors (Lipinski definition) is 3. The second-order valence-electron chi connectivity index (χ2n) is 3.61. The van der Waals surface area contributed by atoms with Crippen molar-refractivity contribution >= 4 is 5.97 Å². The highest BCUT2D eigenvalue weighted by molar-refractivity contribution is 5.89. The molecule has 0 spiro atoms. The SMILES string of the molecule is COc1ccncc1-c1cc(F)cc(C(=O)O)c1. The van der Waals surface area contributed by atoms with Gasteiger partial charge in [0.15, 0.2) is 0 Å². The molecule has 0 saturated heterocycles. The van der Waals surface area contributed by atoms with Crippen LogP contribution >= 0.6 is 0 Å². The first kappa shape index (κ1) is 12.0. The minimum Gasteiger partial charge on any atom is -0.496 e. The number of carbonyl (C=O) groups is 1. The molecule has 1 heterocycles. The lowest BCUT2D eigenvalue weighted by atomic mass is 10.0. The van der Waals surface area contributed by atoms with Crippen LogP contribution in [0.3, 0.4) is 0 Å². The largest absolute Gasteiger partial charge is 0.496 e. The third-order valence-corrected chi connectivity index (χ3v) is 2.46. The molecule has 1 N–H and O–H groups in total. The van der Waals surface area contributed by atoms with Crippen LogP contribution in [0.25, 0.3) is 11.1 Å². The van der Waals surface area contributed by atoms with Gasteiger partial charge in [-0.15, -0.1) is 0 Å². The number of methoxy groups -OCH3 is 1. The fourth-order valence-corrected chi connectivity index (χ4v) is 1.65. The standard InChI is InChI=1S/C13H10FNO3/c1-18-12-2-3-15-7-11(12)8-4-9(13(16)17)6-10(14)5-8/h2-7H,1H3,(H,16,17). The van der Waals surface area contributed by atoms with Gasteiger partial charge >= 0.3 is 5.97 Å². The van der Waals surface area contributed by atoms with Crippen molar-refractivity contribution in [2.45, 2.75) is 0 Å². The molecule has 4 nitrogen and oxygen atoms in total. The summed E-state index contributed by atoms with van der Waals surface area (Å²) in [5.74, 6) is -1.29. The lowest BCUT2D eigenvalue weighted by Gasteiger charge is -2.08. The van der Waals surface area contributed by atoms with Crippen molar-refractivity contribution in [1.29, 1.82) is 0 Å². The van der Waals surface area contributed by atoms with Gasteiger partial charge in [-0.1, -0.05) is 0 Å². The molecule has 0 fully saturated rings. The Kier molecular flexibility index (Phi) is 3.23. The molecule has 0 amide bonds. The molecule has 0 aliphatic carbocycles. The van der Waals surface area contributed by atoms with Crippen molar-refractivity contribution in [3.8, 4) is 16.9 Å². The molecule has 0 aliphatic heterocycles. The zero-order chi connectivity index (χ0) is 13.1. The molecule has 5 heteroatoms. The number of nitrogens with zero attached hydrogens (tertiary/aromatic N) is 1. The van der Waals surface area contributed by atoms with Gasteiger partial charge in [-0.25, -0.2) is 9.18 Å². The molecule has 0 bridgehead atoms. The van der Waals surface area contributed by atoms with Crippen LogP contribution in [0.5, 0.6) is 5.75 Å². The molecule has 92 valence electrons. The predicted octanol–water partition coefficient (Wildman–Crippen LogP) is 2.59. The highest BCUT2D eigenvalue weighted by Gasteiger charge is 2.11. The van der Waals surface area contributed by atoms with Crippen LogP contribution in [-0.2, 0) is 0 Å². The minimum absolute atomic E-state index is 0.115. The zero-order valence-corrected chi connectivity index (χ0v) is 9.55. The van der Waals surface area contributed by atoms with Gasteiger partial charge < -0.3 is 9.84 Å². The maximum Gasteiger partial charge on any atom is 0.335 e. The van der Waals surface area contributed by atoms with Gasteiger partial charge in [0.05, 0.1) is 12.7 Å². The highest BCUT2D eigenvalue weighted by atomic mass is 19.1. The van der Waals surface area contributed by atoms with Crippen LogP contribution in [0.2, 0.25) is 0 Å². The van der Waals surface area contributed by atoms with E-state index in [0.717, 1.165) is 6.07 Å². The molecular formula is C13H10FNO3. The van der Waals surface area contributed by atoms with E-state index in [1.807, 2.05) is 0 Å². The normalized spacial score (nSPS) is 10.1. The fourth-order valence-electron chi connectivity index (χ4n) is 1.65. The number of carboxylic acids is 1. The molecule has 2 rings (SSSR count). The maximum absolute atomic E-state index is 13.4. The highest BCUT2D eigenvalue weighted by Crippen LogP contribution is 2.29. The van der Waals surface area contributed by atoms with Gasteiger partial charge in [0.1, 0.15) is 11.6 Å². The number of halogens is 1. The second-order valence-corrected chi connectivity index (χ2v) is 3.61. The van der Waals surface area contributed by atoms with Gasteiger partial charge in [0.25, 0.3) is 0 Å². The van der Waals surface area contributed by atoms with Crippen molar-refractivity contribution in [3.63, 3.8) is 0 Å².